The van der Waals surface area contributed by atoms with Crippen LogP contribution in [0.1, 0.15) is 152 Å². The molecule has 2 aliphatic heterocycles. The number of esters is 1. The van der Waals surface area contributed by atoms with E-state index in [1.54, 1.807) is 31.2 Å². The molecule has 22 unspecified atom stereocenters. The maximum atomic E-state index is 16.8. The number of carbonyl (C=O) groups excluding carboxylic acids is 3. The minimum Gasteiger partial charge on any atom is -0.508 e. The Morgan fingerprint density at radius 3 is 2.39 bits per heavy atom. The molecule has 3 heterocycles. The molecule has 22 atom stereocenters. The number of aliphatic hydroxyl groups is 7. The summed E-state index contributed by atoms with van der Waals surface area (Å²) in [5.41, 5.74) is 9.34. The molecule has 0 amide bonds. The van der Waals surface area contributed by atoms with E-state index in [-0.39, 0.29) is 141 Å². The van der Waals surface area contributed by atoms with Crippen LogP contribution in [0.2, 0.25) is 0 Å². The number of ether oxygens (including phenoxy) is 1. The lowest BCUT2D eigenvalue weighted by Gasteiger charge is -2.66. The number of benzene rings is 1. The van der Waals surface area contributed by atoms with E-state index < -0.39 is 94.4 Å². The topological polar surface area (TPSA) is 314 Å². The van der Waals surface area contributed by atoms with Gasteiger partial charge in [-0.3, -0.25) is 19.4 Å². The molecule has 19 heteroatoms. The number of hydrogen-bond acceptors (Lipinski definition) is 16. The molecule has 88 heavy (non-hydrogen) atoms. The second-order valence-electron chi connectivity index (χ2n) is 29.0. The number of nitrogens with zero attached hydrogens (tertiary/aromatic N) is 1. The van der Waals surface area contributed by atoms with Crippen LogP contribution >= 0.6 is 21.6 Å². The summed E-state index contributed by atoms with van der Waals surface area (Å²) < 4.78 is 5.98. The van der Waals surface area contributed by atoms with Crippen LogP contribution in [0.4, 0.5) is 0 Å². The molecule has 0 radical (unpaired) electrons. The number of hydrogen-bond donors (Lipinski definition) is 12. The van der Waals surface area contributed by atoms with E-state index in [9.17, 15) is 40.5 Å². The van der Waals surface area contributed by atoms with Crippen molar-refractivity contribution in [2.45, 2.75) is 177 Å². The first-order chi connectivity index (χ1) is 42.3. The van der Waals surface area contributed by atoms with Crippen LogP contribution in [-0.2, 0) is 19.1 Å². The zero-order valence-electron chi connectivity index (χ0n) is 51.2. The highest BCUT2D eigenvalue weighted by atomic mass is 33.1. The summed E-state index contributed by atoms with van der Waals surface area (Å²) in [4.78, 5) is 53.6. The standard InChI is InChI=1S/C69H95N5O12S2/c1-37-11-12-39-15-18-47-43(32-75)28-56(80)66(2,84)63-41(8-6-7-40(26-49(47)48(39)25-37)50-34-86-64(83)57(50)42-20-23-72-31-42)29-69(85)59-52(19-21-67(63,69)22-24-73-65(70)71)68(45-9-4-3-5-10-45)30-55(79)61(81)51-36-88-87-35-44(38-13-16-46(77)17-14-38)27-54(78)53(33-76)74-60(59)62(82)58(51)68/h13-17,20,23,31,37,40-41,43-45,47-53,55-58,61,63,72,74-77,79-81,84-85H,3-5,8-12,18-19,21-22,24-30,32-36H2,1-2H3,(H4,70,71,73). The minimum atomic E-state index is -2.02. The van der Waals surface area contributed by atoms with Gasteiger partial charge in [0, 0.05) is 90.8 Å². The van der Waals surface area contributed by atoms with Crippen LogP contribution in [-0.4, -0.2) is 143 Å². The molecule has 2 bridgehead atoms. The SMILES string of the molecule is CC1CCC2=CCC3C(CO)CC(O)C(C)(O)C4C(CC#CC(C5COC(=O)C5c5cc[nH]c5)CC3C2C1)CC1(O)C2=C3NC(CO)C(=O)CC(c5ccc(O)cc5)CSSCC5C(O)C(O)CC(C6CCCCC6)(C2CCC41CCN=C(N)N)C5C3=O. The third kappa shape index (κ3) is 11.1. The van der Waals surface area contributed by atoms with Crippen molar-refractivity contribution in [3.63, 3.8) is 0 Å². The third-order valence-electron chi connectivity index (χ3n) is 24.7. The number of phenolic OH excluding ortho intramolecular Hbond substituents is 1. The summed E-state index contributed by atoms with van der Waals surface area (Å²) >= 11 is 0. The summed E-state index contributed by atoms with van der Waals surface area (Å²) in [6.07, 6.45) is 11.7. The summed E-state index contributed by atoms with van der Waals surface area (Å²) in [5.74, 6) is 1.67. The van der Waals surface area contributed by atoms with Gasteiger partial charge in [-0.15, -0.1) is 5.92 Å². The van der Waals surface area contributed by atoms with Crippen molar-refractivity contribution in [3.8, 4) is 17.6 Å². The lowest BCUT2D eigenvalue weighted by atomic mass is 9.39. The van der Waals surface area contributed by atoms with Gasteiger partial charge >= 0.3 is 5.97 Å². The molecule has 10 aliphatic rings. The Bertz CT molecular complexity index is 3040. The molecular weight excluding hydrogens is 1150 g/mol. The molecule has 1 aromatic carbocycles. The maximum Gasteiger partial charge on any atom is 0.313 e. The Labute approximate surface area is 526 Å². The van der Waals surface area contributed by atoms with Crippen LogP contribution < -0.4 is 16.8 Å². The average molecular weight is 1250 g/mol. The third-order valence-corrected chi connectivity index (χ3v) is 27.3. The first-order valence-corrected chi connectivity index (χ1v) is 35.6. The molecule has 7 fully saturated rings. The number of cyclic esters (lactones) is 1. The Hall–Kier alpha value is -4.36. The van der Waals surface area contributed by atoms with Gasteiger partial charge in [0.25, 0.3) is 0 Å². The molecule has 14 N–H and O–H groups in total. The highest BCUT2D eigenvalue weighted by molar-refractivity contribution is 8.76. The summed E-state index contributed by atoms with van der Waals surface area (Å²) in [5, 5.41) is 104. The zero-order chi connectivity index (χ0) is 62.0. The normalized spacial score (nSPS) is 43.2. The molecule has 8 aliphatic carbocycles. The van der Waals surface area contributed by atoms with E-state index in [1.165, 1.54) is 27.2 Å². The Morgan fingerprint density at radius 1 is 0.886 bits per heavy atom. The average Bonchev–Trinajstić information content (AvgIpc) is 1.27. The van der Waals surface area contributed by atoms with Gasteiger partial charge in [0.2, 0.25) is 0 Å². The number of phenols is 1. The van der Waals surface area contributed by atoms with Crippen molar-refractivity contribution in [2.24, 2.45) is 104 Å². The van der Waals surface area contributed by atoms with E-state index in [0.29, 0.717) is 42.3 Å². The predicted octanol–water partition coefficient (Wildman–Crippen LogP) is 6.78. The first-order valence-electron chi connectivity index (χ1n) is 33.1. The largest absolute Gasteiger partial charge is 0.508 e. The van der Waals surface area contributed by atoms with Gasteiger partial charge in [0.15, 0.2) is 17.5 Å². The number of fused-ring (bicyclic) bond motifs is 10. The number of aliphatic hydroxyl groups excluding tert-OH is 5. The predicted molar refractivity (Wildman–Crippen MR) is 338 cm³/mol. The van der Waals surface area contributed by atoms with Crippen LogP contribution in [0.3, 0.4) is 0 Å². The van der Waals surface area contributed by atoms with Crippen molar-refractivity contribution >= 4 is 45.1 Å². The second-order valence-corrected chi connectivity index (χ2v) is 31.6. The number of allylic oxidation sites excluding steroid dienone is 3. The van der Waals surface area contributed by atoms with E-state index >= 15 is 14.7 Å². The van der Waals surface area contributed by atoms with Crippen molar-refractivity contribution in [1.82, 2.24) is 10.3 Å². The maximum absolute atomic E-state index is 16.8. The van der Waals surface area contributed by atoms with Crippen LogP contribution in [0, 0.1) is 99.6 Å². The fourth-order valence-electron chi connectivity index (χ4n) is 20.8. The van der Waals surface area contributed by atoms with Crippen molar-refractivity contribution in [2.75, 3.05) is 37.9 Å². The van der Waals surface area contributed by atoms with Crippen LogP contribution in [0.25, 0.3) is 0 Å². The van der Waals surface area contributed by atoms with Crippen molar-refractivity contribution < 1.29 is 60.0 Å². The van der Waals surface area contributed by atoms with Gasteiger partial charge in [0.05, 0.1) is 54.3 Å². The highest BCUT2D eigenvalue weighted by Gasteiger charge is 2.76. The number of aromatic amines is 1. The van der Waals surface area contributed by atoms with Gasteiger partial charge in [-0.2, -0.15) is 0 Å². The fraction of sp³-hybridized carbons (Fsp3) is 0.710. The minimum absolute atomic E-state index is 0.00482. The molecule has 2 saturated heterocycles. The number of aromatic hydroxyl groups is 1. The fourth-order valence-corrected chi connectivity index (χ4v) is 23.6. The van der Waals surface area contributed by atoms with Gasteiger partial charge in [-0.1, -0.05) is 77.5 Å². The van der Waals surface area contributed by atoms with Gasteiger partial charge in [0.1, 0.15) is 11.8 Å². The number of ketones is 2. The molecule has 480 valence electrons. The van der Waals surface area contributed by atoms with E-state index in [0.717, 1.165) is 62.5 Å². The Morgan fingerprint density at radius 2 is 1.66 bits per heavy atom. The Kier molecular flexibility index (Phi) is 18.6. The number of H-pyrrole nitrogens is 1. The van der Waals surface area contributed by atoms with Crippen molar-refractivity contribution in [3.05, 3.63) is 76.8 Å². The molecule has 5 saturated carbocycles. The highest BCUT2D eigenvalue weighted by Crippen LogP contribution is 2.75. The number of guanidine groups is 1. The van der Waals surface area contributed by atoms with Gasteiger partial charge in [-0.25, -0.2) is 0 Å². The quantitative estimate of drug-likeness (QED) is 0.0308. The zero-order valence-corrected chi connectivity index (χ0v) is 52.8. The number of Topliss-reactive ketones (excluding diaryl/α,β-unsaturated/α-hetero) is 2. The lowest BCUT2D eigenvalue weighted by Crippen LogP contribution is -2.69. The van der Waals surface area contributed by atoms with Gasteiger partial charge in [-0.05, 0) is 178 Å². The van der Waals surface area contributed by atoms with E-state index in [1.807, 2.05) is 18.5 Å². The molecule has 2 aromatic rings. The number of nitrogens with two attached hydrogens (primary N) is 2. The summed E-state index contributed by atoms with van der Waals surface area (Å²) in [6, 6.07) is 7.32. The first kappa shape index (κ1) is 63.8. The van der Waals surface area contributed by atoms with Crippen molar-refractivity contribution in [1.29, 1.82) is 0 Å². The number of aromatic nitrogens is 1. The number of rotatable bonds is 9. The second kappa shape index (κ2) is 25.6. The molecule has 0 spiro atoms. The molecule has 17 nitrogen and oxygen atoms in total. The number of aliphatic imine (C=N–C) groups is 1. The van der Waals surface area contributed by atoms with E-state index in [2.05, 4.69) is 40.1 Å². The molecular formula is C69H95N5O12S2. The summed E-state index contributed by atoms with van der Waals surface area (Å²) in [6.45, 7) is 3.20. The smallest absolute Gasteiger partial charge is 0.313 e. The Balaban J connectivity index is 1.06. The number of nitrogens with one attached hydrogen (secondary N) is 2. The van der Waals surface area contributed by atoms with Gasteiger partial charge < -0.3 is 67.4 Å². The molecule has 1 aromatic heterocycles. The number of carbonyl (C=O) groups is 3. The van der Waals surface area contributed by atoms with Crippen LogP contribution in [0.5, 0.6) is 5.75 Å². The summed E-state index contributed by atoms with van der Waals surface area (Å²) in [7, 11) is 3.04. The lowest BCUT2D eigenvalue weighted by molar-refractivity contribution is -0.205. The monoisotopic (exact) mass is 1250 g/mol. The van der Waals surface area contributed by atoms with E-state index in [4.69, 9.17) is 16.2 Å². The molecule has 12 rings (SSSR count). The van der Waals surface area contributed by atoms with Crippen LogP contribution in [0.15, 0.2) is 70.6 Å².